The van der Waals surface area contributed by atoms with Crippen LogP contribution in [0.15, 0.2) is 24.4 Å². The molecule has 0 fully saturated rings. The van der Waals surface area contributed by atoms with E-state index in [1.54, 1.807) is 29.7 Å². The van der Waals surface area contributed by atoms with Crippen LogP contribution in [0.25, 0.3) is 0 Å². The molecule has 0 unspecified atom stereocenters. The smallest absolute Gasteiger partial charge is 0.319 e. The summed E-state index contributed by atoms with van der Waals surface area (Å²) in [6, 6.07) is 5.14. The number of rotatable bonds is 6. The molecule has 1 heterocycles. The second kappa shape index (κ2) is 8.44. The summed E-state index contributed by atoms with van der Waals surface area (Å²) in [5.74, 6) is -0.0252. The normalized spacial score (nSPS) is 10.3. The largest absolute Gasteiger partial charge is 0.333 e. The molecule has 0 radical (unpaired) electrons. The van der Waals surface area contributed by atoms with Crippen LogP contribution in [0, 0.1) is 13.8 Å². The molecular weight excluding hydrogens is 324 g/mol. The van der Waals surface area contributed by atoms with Crippen molar-refractivity contribution in [3.05, 3.63) is 39.8 Å². The van der Waals surface area contributed by atoms with Crippen molar-refractivity contribution in [2.45, 2.75) is 40.2 Å². The predicted octanol–water partition coefficient (Wildman–Crippen LogP) is 3.82. The van der Waals surface area contributed by atoms with Crippen molar-refractivity contribution < 1.29 is 9.59 Å². The van der Waals surface area contributed by atoms with Gasteiger partial charge < -0.3 is 16.0 Å². The van der Waals surface area contributed by atoms with Gasteiger partial charge in [0.15, 0.2) is 0 Å². The molecule has 3 N–H and O–H groups in total. The fourth-order valence-electron chi connectivity index (χ4n) is 2.17. The van der Waals surface area contributed by atoms with E-state index in [9.17, 15) is 9.59 Å². The van der Waals surface area contributed by atoms with Crippen LogP contribution >= 0.6 is 11.3 Å². The maximum atomic E-state index is 12.1. The van der Waals surface area contributed by atoms with E-state index in [1.807, 2.05) is 26.8 Å². The molecule has 1 aromatic carbocycles. The number of aryl methyl sites for hydroxylation is 1. The second-order valence-electron chi connectivity index (χ2n) is 5.43. The zero-order valence-electron chi connectivity index (χ0n) is 14.1. The number of hydrogen-bond donors (Lipinski definition) is 3. The molecule has 1 aromatic heterocycles. The van der Waals surface area contributed by atoms with Gasteiger partial charge in [0.25, 0.3) is 0 Å². The number of hydrogen-bond acceptors (Lipinski definition) is 4. The van der Waals surface area contributed by atoms with Gasteiger partial charge in [-0.15, -0.1) is 11.3 Å². The summed E-state index contributed by atoms with van der Waals surface area (Å²) in [5.41, 5.74) is 2.21. The van der Waals surface area contributed by atoms with Crippen molar-refractivity contribution in [2.24, 2.45) is 0 Å². The summed E-state index contributed by atoms with van der Waals surface area (Å²) in [4.78, 5) is 29.0. The second-order valence-corrected chi connectivity index (χ2v) is 6.75. The summed E-state index contributed by atoms with van der Waals surface area (Å²) in [6.07, 6.45) is 3.03. The summed E-state index contributed by atoms with van der Waals surface area (Å²) in [5, 5.41) is 9.46. The Labute approximate surface area is 145 Å². The molecule has 6 nitrogen and oxygen atoms in total. The molecule has 0 saturated carbocycles. The van der Waals surface area contributed by atoms with Crippen molar-refractivity contribution in [2.75, 3.05) is 10.6 Å². The Kier molecular flexibility index (Phi) is 6.31. The lowest BCUT2D eigenvalue weighted by Crippen LogP contribution is -2.28. The average Bonchev–Trinajstić information content (AvgIpc) is 2.95. The van der Waals surface area contributed by atoms with Gasteiger partial charge in [0.05, 0.1) is 11.6 Å². The van der Waals surface area contributed by atoms with Gasteiger partial charge in [0.2, 0.25) is 5.91 Å². The Morgan fingerprint density at radius 3 is 2.50 bits per heavy atom. The highest BCUT2D eigenvalue weighted by Gasteiger charge is 2.10. The first-order valence-electron chi connectivity index (χ1n) is 7.85. The van der Waals surface area contributed by atoms with Gasteiger partial charge in [-0.2, -0.15) is 0 Å². The Bertz CT molecular complexity index is 727. The Morgan fingerprint density at radius 2 is 1.88 bits per heavy atom. The quantitative estimate of drug-likeness (QED) is 0.743. The number of carbonyl (C=O) groups excluding carboxylic acids is 2. The number of anilines is 2. The first-order chi connectivity index (χ1) is 11.5. The third kappa shape index (κ3) is 5.06. The third-order valence-electron chi connectivity index (χ3n) is 3.43. The van der Waals surface area contributed by atoms with Crippen LogP contribution in [0.3, 0.4) is 0 Å². The molecule has 0 atom stereocenters. The van der Waals surface area contributed by atoms with E-state index in [0.717, 1.165) is 21.9 Å². The van der Waals surface area contributed by atoms with E-state index in [2.05, 4.69) is 20.9 Å². The molecule has 24 heavy (non-hydrogen) atoms. The van der Waals surface area contributed by atoms with E-state index >= 15 is 0 Å². The fraction of sp³-hybridized carbons (Fsp3) is 0.353. The molecule has 0 bridgehead atoms. The molecule has 0 saturated heterocycles. The van der Waals surface area contributed by atoms with E-state index in [4.69, 9.17) is 0 Å². The lowest BCUT2D eigenvalue weighted by molar-refractivity contribution is -0.116. The lowest BCUT2D eigenvalue weighted by Gasteiger charge is -2.13. The van der Waals surface area contributed by atoms with Crippen LogP contribution in [0.4, 0.5) is 16.2 Å². The van der Waals surface area contributed by atoms with Crippen molar-refractivity contribution in [1.82, 2.24) is 10.3 Å². The molecule has 7 heteroatoms. The van der Waals surface area contributed by atoms with Crippen LogP contribution in [-0.4, -0.2) is 16.9 Å². The van der Waals surface area contributed by atoms with Gasteiger partial charge in [-0.1, -0.05) is 13.0 Å². The van der Waals surface area contributed by atoms with Gasteiger partial charge in [-0.25, -0.2) is 9.78 Å². The Balaban J connectivity index is 1.96. The highest BCUT2D eigenvalue weighted by Crippen LogP contribution is 2.23. The highest BCUT2D eigenvalue weighted by atomic mass is 32.1. The topological polar surface area (TPSA) is 83.1 Å². The van der Waals surface area contributed by atoms with Crippen LogP contribution in [0.2, 0.25) is 0 Å². The molecule has 0 aliphatic heterocycles. The van der Waals surface area contributed by atoms with Crippen LogP contribution in [-0.2, 0) is 11.3 Å². The van der Waals surface area contributed by atoms with Crippen molar-refractivity contribution in [1.29, 1.82) is 0 Å². The molecule has 0 spiro atoms. The predicted molar refractivity (Wildman–Crippen MR) is 97.4 cm³/mol. The van der Waals surface area contributed by atoms with E-state index < -0.39 is 0 Å². The summed E-state index contributed by atoms with van der Waals surface area (Å²) in [6.45, 7) is 6.18. The Morgan fingerprint density at radius 1 is 1.17 bits per heavy atom. The number of aromatic nitrogens is 1. The van der Waals surface area contributed by atoms with Crippen LogP contribution < -0.4 is 16.0 Å². The summed E-state index contributed by atoms with van der Waals surface area (Å²) < 4.78 is 0. The van der Waals surface area contributed by atoms with Gasteiger partial charge in [0.1, 0.15) is 0 Å². The zero-order valence-corrected chi connectivity index (χ0v) is 14.9. The maximum absolute atomic E-state index is 12.1. The molecule has 128 valence electrons. The van der Waals surface area contributed by atoms with E-state index in [0.29, 0.717) is 24.3 Å². The number of amides is 3. The number of benzene rings is 1. The van der Waals surface area contributed by atoms with E-state index in [1.165, 1.54) is 0 Å². The van der Waals surface area contributed by atoms with Crippen molar-refractivity contribution in [3.63, 3.8) is 0 Å². The number of carbonyl (C=O) groups is 2. The molecule has 2 aromatic rings. The van der Waals surface area contributed by atoms with Gasteiger partial charge >= 0.3 is 6.03 Å². The monoisotopic (exact) mass is 346 g/mol. The highest BCUT2D eigenvalue weighted by molar-refractivity contribution is 7.11. The van der Waals surface area contributed by atoms with Gasteiger partial charge in [-0.05, 0) is 38.0 Å². The number of nitrogens with zero attached hydrogens (tertiary/aromatic N) is 1. The van der Waals surface area contributed by atoms with Gasteiger partial charge in [0, 0.05) is 28.9 Å². The van der Waals surface area contributed by atoms with Gasteiger partial charge in [-0.3, -0.25) is 4.79 Å². The number of urea groups is 1. The summed E-state index contributed by atoms with van der Waals surface area (Å²) >= 11 is 1.55. The third-order valence-corrected chi connectivity index (χ3v) is 4.34. The van der Waals surface area contributed by atoms with Crippen molar-refractivity contribution >= 4 is 34.6 Å². The first-order valence-corrected chi connectivity index (χ1v) is 8.67. The van der Waals surface area contributed by atoms with Crippen LogP contribution in [0.1, 0.15) is 35.2 Å². The molecule has 0 aliphatic rings. The van der Waals surface area contributed by atoms with E-state index in [-0.39, 0.29) is 11.9 Å². The number of thiazole rings is 1. The average molecular weight is 346 g/mol. The fourth-order valence-corrected chi connectivity index (χ4v) is 2.90. The first kappa shape index (κ1) is 17.9. The maximum Gasteiger partial charge on any atom is 0.319 e. The SMILES string of the molecule is CCCC(=O)Nc1cccc(NC(=O)NCc2cnc(C)s2)c1C. The van der Waals surface area contributed by atoms with Crippen molar-refractivity contribution in [3.8, 4) is 0 Å². The minimum Gasteiger partial charge on any atom is -0.333 e. The zero-order chi connectivity index (χ0) is 17.5. The standard InChI is InChI=1S/C17H22N4O2S/c1-4-6-16(22)20-14-7-5-8-15(11(14)2)21-17(23)19-10-13-9-18-12(3)24-13/h5,7-9H,4,6,10H2,1-3H3,(H,20,22)(H2,19,21,23). The minimum atomic E-state index is -0.291. The number of nitrogens with one attached hydrogen (secondary N) is 3. The summed E-state index contributed by atoms with van der Waals surface area (Å²) in [7, 11) is 0. The van der Waals surface area contributed by atoms with Crippen LogP contribution in [0.5, 0.6) is 0 Å². The lowest BCUT2D eigenvalue weighted by atomic mass is 10.1. The molecule has 2 rings (SSSR count). The molecular formula is C17H22N4O2S. The Hall–Kier alpha value is -2.41. The molecule has 0 aliphatic carbocycles. The minimum absolute atomic E-state index is 0.0252. The molecule has 3 amide bonds.